The van der Waals surface area contributed by atoms with Crippen molar-refractivity contribution in [3.8, 4) is 0 Å². The number of halogens is 1. The van der Waals surface area contributed by atoms with Crippen LogP contribution in [0.15, 0.2) is 43.0 Å². The average molecular weight is 358 g/mol. The summed E-state index contributed by atoms with van der Waals surface area (Å²) in [6.07, 6.45) is 1.22. The second-order valence-corrected chi connectivity index (χ2v) is 7.01. The maximum atomic E-state index is 16.1. The Balaban J connectivity index is 3.55. The number of rotatable bonds is 10. The van der Waals surface area contributed by atoms with Crippen LogP contribution in [0, 0.1) is 0 Å². The predicted molar refractivity (Wildman–Crippen MR) is 90.7 cm³/mol. The van der Waals surface area contributed by atoms with Crippen LogP contribution in [-0.4, -0.2) is 31.2 Å². The van der Waals surface area contributed by atoms with Crippen molar-refractivity contribution < 1.29 is 27.5 Å². The summed E-state index contributed by atoms with van der Waals surface area (Å²) in [5.74, 6) is -2.54. The van der Waals surface area contributed by atoms with E-state index in [1.807, 2.05) is 0 Å². The lowest BCUT2D eigenvalue weighted by Crippen LogP contribution is -2.42. The summed E-state index contributed by atoms with van der Waals surface area (Å²) < 4.78 is 44.3. The maximum Gasteiger partial charge on any atom is 0.380 e. The molecule has 0 amide bonds. The van der Waals surface area contributed by atoms with Crippen LogP contribution >= 0.6 is 7.60 Å². The molecule has 0 aromatic heterocycles. The first-order valence-electron chi connectivity index (χ1n) is 7.84. The Hall–Kier alpha value is -1.49. The van der Waals surface area contributed by atoms with E-state index in [2.05, 4.69) is 6.58 Å². The van der Waals surface area contributed by atoms with Gasteiger partial charge < -0.3 is 13.8 Å². The Labute approximate surface area is 142 Å². The van der Waals surface area contributed by atoms with Gasteiger partial charge in [0, 0.05) is 0 Å². The van der Waals surface area contributed by atoms with E-state index in [0.717, 1.165) is 0 Å². The molecule has 0 radical (unpaired) electrons. The molecule has 1 aromatic carbocycles. The van der Waals surface area contributed by atoms with Gasteiger partial charge in [-0.3, -0.25) is 4.57 Å². The summed E-state index contributed by atoms with van der Waals surface area (Å²) in [5.41, 5.74) is 0.419. The second-order valence-electron chi connectivity index (χ2n) is 4.85. The normalized spacial score (nSPS) is 15.3. The molecule has 0 heterocycles. The topological polar surface area (TPSA) is 61.8 Å². The van der Waals surface area contributed by atoms with E-state index >= 15 is 4.39 Å². The van der Waals surface area contributed by atoms with Gasteiger partial charge >= 0.3 is 19.0 Å². The van der Waals surface area contributed by atoms with E-state index in [9.17, 15) is 9.36 Å². The van der Waals surface area contributed by atoms with Gasteiger partial charge in [-0.05, 0) is 26.3 Å². The molecule has 1 rings (SSSR count). The highest BCUT2D eigenvalue weighted by molar-refractivity contribution is 7.56. The smallest absolute Gasteiger partial charge is 0.380 e. The molecule has 0 aliphatic heterocycles. The van der Waals surface area contributed by atoms with Crippen LogP contribution < -0.4 is 0 Å². The zero-order valence-corrected chi connectivity index (χ0v) is 15.1. The molecular weight excluding hydrogens is 334 g/mol. The van der Waals surface area contributed by atoms with Crippen molar-refractivity contribution in [3.63, 3.8) is 0 Å². The van der Waals surface area contributed by atoms with E-state index < -0.39 is 24.9 Å². The third-order valence-corrected chi connectivity index (χ3v) is 5.82. The summed E-state index contributed by atoms with van der Waals surface area (Å²) in [6.45, 7) is 7.99. The summed E-state index contributed by atoms with van der Waals surface area (Å²) in [6, 6.07) is 8.34. The highest BCUT2D eigenvalue weighted by Gasteiger charge is 2.64. The molecule has 0 saturated carbocycles. The number of carbonyl (C=O) groups excluding carboxylic acids is 1. The van der Waals surface area contributed by atoms with Crippen molar-refractivity contribution in [3.05, 3.63) is 48.6 Å². The van der Waals surface area contributed by atoms with Crippen LogP contribution in [0.4, 0.5) is 4.39 Å². The molecule has 0 spiro atoms. The molecule has 0 aliphatic rings. The van der Waals surface area contributed by atoms with Gasteiger partial charge in [0.25, 0.3) is 0 Å². The molecule has 24 heavy (non-hydrogen) atoms. The summed E-state index contributed by atoms with van der Waals surface area (Å²) in [5, 5.41) is -3.03. The molecule has 1 aromatic rings. The molecule has 0 fully saturated rings. The molecule has 0 saturated heterocycles. The van der Waals surface area contributed by atoms with Crippen LogP contribution in [0.2, 0.25) is 0 Å². The van der Waals surface area contributed by atoms with Crippen LogP contribution in [0.1, 0.15) is 32.3 Å². The summed E-state index contributed by atoms with van der Waals surface area (Å²) >= 11 is 0. The Morgan fingerprint density at radius 2 is 1.75 bits per heavy atom. The molecule has 2 atom stereocenters. The predicted octanol–water partition coefficient (Wildman–Crippen LogP) is 4.45. The van der Waals surface area contributed by atoms with Crippen molar-refractivity contribution in [2.24, 2.45) is 0 Å². The van der Waals surface area contributed by atoms with E-state index in [0.29, 0.717) is 5.56 Å². The minimum absolute atomic E-state index is 0.0680. The maximum absolute atomic E-state index is 16.1. The van der Waals surface area contributed by atoms with Gasteiger partial charge in [-0.15, -0.1) is 6.58 Å². The monoisotopic (exact) mass is 358 g/mol. The number of hydrogen-bond acceptors (Lipinski definition) is 5. The molecule has 134 valence electrons. The minimum Gasteiger partial charge on any atom is -0.463 e. The molecule has 7 heteroatoms. The largest absolute Gasteiger partial charge is 0.463 e. The summed E-state index contributed by atoms with van der Waals surface area (Å²) in [4.78, 5) is 12.5. The number of benzene rings is 1. The zero-order valence-electron chi connectivity index (χ0n) is 14.2. The van der Waals surface area contributed by atoms with E-state index in [1.165, 1.54) is 13.0 Å². The van der Waals surface area contributed by atoms with Crippen molar-refractivity contribution in [2.75, 3.05) is 19.8 Å². The lowest BCUT2D eigenvalue weighted by Gasteiger charge is -2.35. The number of esters is 1. The van der Waals surface area contributed by atoms with Gasteiger partial charge in [0.15, 0.2) is 0 Å². The average Bonchev–Trinajstić information content (AvgIpc) is 2.56. The minimum atomic E-state index is -4.48. The SMILES string of the molecule is C=C[C@H](c1ccccc1)[C@](F)(C(=O)OCC)P(=O)(OCC)OCC. The third kappa shape index (κ3) is 3.94. The van der Waals surface area contributed by atoms with Gasteiger partial charge in [0.05, 0.1) is 25.7 Å². The van der Waals surface area contributed by atoms with Crippen LogP contribution in [0.5, 0.6) is 0 Å². The van der Waals surface area contributed by atoms with Crippen molar-refractivity contribution in [1.82, 2.24) is 0 Å². The Morgan fingerprint density at radius 1 is 1.21 bits per heavy atom. The van der Waals surface area contributed by atoms with E-state index in [4.69, 9.17) is 13.8 Å². The lowest BCUT2D eigenvalue weighted by atomic mass is 9.94. The summed E-state index contributed by atoms with van der Waals surface area (Å²) in [7, 11) is -4.48. The fraction of sp³-hybridized carbons (Fsp3) is 0.471. The first-order chi connectivity index (χ1) is 11.4. The van der Waals surface area contributed by atoms with Crippen LogP contribution in [0.3, 0.4) is 0 Å². The van der Waals surface area contributed by atoms with Gasteiger partial charge in [0.2, 0.25) is 0 Å². The van der Waals surface area contributed by atoms with Crippen molar-refractivity contribution in [2.45, 2.75) is 32.1 Å². The van der Waals surface area contributed by atoms with Crippen LogP contribution in [0.25, 0.3) is 0 Å². The zero-order chi connectivity index (χ0) is 18.2. The van der Waals surface area contributed by atoms with Gasteiger partial charge in [0.1, 0.15) is 0 Å². The fourth-order valence-corrected chi connectivity index (χ4v) is 4.39. The highest BCUT2D eigenvalue weighted by Crippen LogP contribution is 2.66. The first-order valence-corrected chi connectivity index (χ1v) is 9.38. The molecule has 0 bridgehead atoms. The standard InChI is InChI=1S/C17H24FO5P/c1-5-15(14-12-10-9-11-13-14)17(18,16(19)21-6-2)24(20,22-7-3)23-8-4/h5,9-13,15H,1,6-8H2,2-4H3/t15-,17-/m1/s1. The van der Waals surface area contributed by atoms with E-state index in [-0.39, 0.29) is 19.8 Å². The number of ether oxygens (including phenoxy) is 1. The highest BCUT2D eigenvalue weighted by atomic mass is 31.2. The number of allylic oxidation sites excluding steroid dienone is 1. The van der Waals surface area contributed by atoms with Crippen molar-refractivity contribution >= 4 is 13.6 Å². The molecule has 0 unspecified atom stereocenters. The van der Waals surface area contributed by atoms with E-state index in [1.54, 1.807) is 44.2 Å². The number of hydrogen-bond donors (Lipinski definition) is 0. The molecular formula is C17H24FO5P. The van der Waals surface area contributed by atoms with Crippen LogP contribution in [-0.2, 0) is 23.1 Å². The number of alkyl halides is 1. The molecule has 0 N–H and O–H groups in total. The first kappa shape index (κ1) is 20.6. The quantitative estimate of drug-likeness (QED) is 0.351. The van der Waals surface area contributed by atoms with Gasteiger partial charge in [-0.1, -0.05) is 36.4 Å². The third-order valence-electron chi connectivity index (χ3n) is 3.36. The fourth-order valence-electron chi connectivity index (χ4n) is 2.38. The second kappa shape index (κ2) is 9.11. The Morgan fingerprint density at radius 3 is 2.17 bits per heavy atom. The van der Waals surface area contributed by atoms with Gasteiger partial charge in [-0.25, -0.2) is 9.18 Å². The lowest BCUT2D eigenvalue weighted by molar-refractivity contribution is -0.153. The molecule has 0 aliphatic carbocycles. The Bertz CT molecular complexity index is 582. The number of carbonyl (C=O) groups is 1. The van der Waals surface area contributed by atoms with Crippen molar-refractivity contribution in [1.29, 1.82) is 0 Å². The molecule has 5 nitrogen and oxygen atoms in total. The Kier molecular flexibility index (Phi) is 7.80. The van der Waals surface area contributed by atoms with Gasteiger partial charge in [-0.2, -0.15) is 0 Å².